The third kappa shape index (κ3) is 4.91. The molecule has 1 fully saturated rings. The van der Waals surface area contributed by atoms with Gasteiger partial charge in [-0.05, 0) is 51.4 Å². The van der Waals surface area contributed by atoms with E-state index in [9.17, 15) is 19.5 Å². The summed E-state index contributed by atoms with van der Waals surface area (Å²) in [6.45, 7) is 0.118. The standard InChI is InChI=1S/C33H30N2O5/c36-31-30(35-33(39)40-19-28-26-12-5-3-10-24(26)25-11-4-6-13-27(25)28)23(14-7-15-29(34-31)32(37)38)22-17-16-20-8-1-2-9-21(20)18-22/h1-6,8-13,16-18,23,28-30H,7,14-15,19H2,(H,34,36)(H,35,39)(H,37,38). The Bertz CT molecular complexity index is 1550. The van der Waals surface area contributed by atoms with Gasteiger partial charge in [-0.1, -0.05) is 97.4 Å². The number of carboxylic acid groups (broad SMARTS) is 1. The lowest BCUT2D eigenvalue weighted by molar-refractivity contribution is -0.142. The predicted molar refractivity (Wildman–Crippen MR) is 152 cm³/mol. The Hall–Kier alpha value is -4.65. The van der Waals surface area contributed by atoms with Gasteiger partial charge in [-0.25, -0.2) is 9.59 Å². The van der Waals surface area contributed by atoms with Crippen LogP contribution in [0.5, 0.6) is 0 Å². The molecule has 1 aliphatic heterocycles. The van der Waals surface area contributed by atoms with Crippen LogP contribution in [0.25, 0.3) is 21.9 Å². The number of fused-ring (bicyclic) bond motifs is 4. The maximum absolute atomic E-state index is 13.4. The van der Waals surface area contributed by atoms with Gasteiger partial charge in [0.25, 0.3) is 0 Å². The number of rotatable bonds is 5. The minimum atomic E-state index is -1.09. The molecular weight excluding hydrogens is 504 g/mol. The molecule has 202 valence electrons. The topological polar surface area (TPSA) is 105 Å². The van der Waals surface area contributed by atoms with Gasteiger partial charge in [0.05, 0.1) is 0 Å². The minimum Gasteiger partial charge on any atom is -0.480 e. The van der Waals surface area contributed by atoms with Crippen molar-refractivity contribution in [3.63, 3.8) is 0 Å². The largest absolute Gasteiger partial charge is 0.480 e. The Morgan fingerprint density at radius 2 is 1.50 bits per heavy atom. The van der Waals surface area contributed by atoms with Crippen LogP contribution in [0.15, 0.2) is 91.0 Å². The molecule has 1 saturated heterocycles. The lowest BCUT2D eigenvalue weighted by Gasteiger charge is -2.31. The number of hydrogen-bond donors (Lipinski definition) is 3. The van der Waals surface area contributed by atoms with Gasteiger partial charge in [0.2, 0.25) is 5.91 Å². The molecular formula is C33H30N2O5. The summed E-state index contributed by atoms with van der Waals surface area (Å²) in [4.78, 5) is 38.3. The highest BCUT2D eigenvalue weighted by Crippen LogP contribution is 2.44. The van der Waals surface area contributed by atoms with Crippen molar-refractivity contribution >= 4 is 28.7 Å². The van der Waals surface area contributed by atoms with Gasteiger partial charge in [0, 0.05) is 11.8 Å². The van der Waals surface area contributed by atoms with E-state index >= 15 is 0 Å². The second-order valence-electron chi connectivity index (χ2n) is 10.5. The van der Waals surface area contributed by atoms with Crippen LogP contribution in [0.3, 0.4) is 0 Å². The summed E-state index contributed by atoms with van der Waals surface area (Å²) in [7, 11) is 0. The molecule has 6 rings (SSSR count). The minimum absolute atomic E-state index is 0.114. The highest BCUT2D eigenvalue weighted by Gasteiger charge is 2.37. The molecule has 3 N–H and O–H groups in total. The molecule has 1 aliphatic carbocycles. The molecule has 40 heavy (non-hydrogen) atoms. The van der Waals surface area contributed by atoms with Gasteiger partial charge in [0.15, 0.2) is 0 Å². The van der Waals surface area contributed by atoms with E-state index in [0.29, 0.717) is 19.3 Å². The lowest BCUT2D eigenvalue weighted by Crippen LogP contribution is -2.55. The van der Waals surface area contributed by atoms with Gasteiger partial charge in [0.1, 0.15) is 18.7 Å². The summed E-state index contributed by atoms with van der Waals surface area (Å²) in [5.74, 6) is -2.08. The van der Waals surface area contributed by atoms with Crippen LogP contribution in [0, 0.1) is 0 Å². The molecule has 1 heterocycles. The SMILES string of the molecule is O=C(NC1C(=O)NC(C(=O)O)CCCC1c1ccc2ccccc2c1)OCC1c2ccccc2-c2ccccc21. The summed E-state index contributed by atoms with van der Waals surface area (Å²) in [5.41, 5.74) is 5.36. The summed E-state index contributed by atoms with van der Waals surface area (Å²) in [6, 6.07) is 28.2. The Labute approximate surface area is 232 Å². The molecule has 7 nitrogen and oxygen atoms in total. The van der Waals surface area contributed by atoms with Gasteiger partial charge < -0.3 is 20.5 Å². The molecule has 3 atom stereocenters. The van der Waals surface area contributed by atoms with Gasteiger partial charge in [-0.3, -0.25) is 4.79 Å². The Kier molecular flexibility index (Phi) is 6.95. The summed E-state index contributed by atoms with van der Waals surface area (Å²) < 4.78 is 5.75. The van der Waals surface area contributed by atoms with Crippen molar-refractivity contribution in [2.75, 3.05) is 6.61 Å². The van der Waals surface area contributed by atoms with E-state index in [1.165, 1.54) is 0 Å². The zero-order chi connectivity index (χ0) is 27.6. The molecule has 4 aromatic rings. The lowest BCUT2D eigenvalue weighted by atomic mass is 9.83. The number of carbonyl (C=O) groups is 3. The zero-order valence-corrected chi connectivity index (χ0v) is 21.9. The summed E-state index contributed by atoms with van der Waals surface area (Å²) in [5, 5.41) is 17.1. The molecule has 3 unspecified atom stereocenters. The number of aliphatic carboxylic acids is 1. The first-order valence-electron chi connectivity index (χ1n) is 13.6. The van der Waals surface area contributed by atoms with Crippen molar-refractivity contribution in [1.29, 1.82) is 0 Å². The van der Waals surface area contributed by atoms with Crippen LogP contribution < -0.4 is 10.6 Å². The number of ether oxygens (including phenoxy) is 1. The van der Waals surface area contributed by atoms with Crippen LogP contribution in [-0.4, -0.2) is 41.8 Å². The van der Waals surface area contributed by atoms with Crippen LogP contribution in [0.2, 0.25) is 0 Å². The monoisotopic (exact) mass is 534 g/mol. The number of nitrogens with one attached hydrogen (secondary N) is 2. The Balaban J connectivity index is 1.24. The third-order valence-corrected chi connectivity index (χ3v) is 8.13. The fourth-order valence-corrected chi connectivity index (χ4v) is 6.14. The zero-order valence-electron chi connectivity index (χ0n) is 21.9. The fraction of sp³-hybridized carbons (Fsp3) is 0.242. The Morgan fingerprint density at radius 3 is 2.20 bits per heavy atom. The average Bonchev–Trinajstić information content (AvgIpc) is 3.29. The van der Waals surface area contributed by atoms with Crippen molar-refractivity contribution < 1.29 is 24.2 Å². The van der Waals surface area contributed by atoms with E-state index in [4.69, 9.17) is 4.74 Å². The number of amides is 2. The van der Waals surface area contributed by atoms with E-state index in [2.05, 4.69) is 22.8 Å². The van der Waals surface area contributed by atoms with Gasteiger partial charge in [-0.2, -0.15) is 0 Å². The second-order valence-corrected chi connectivity index (χ2v) is 10.5. The molecule has 0 saturated carbocycles. The fourth-order valence-electron chi connectivity index (χ4n) is 6.14. The Morgan fingerprint density at radius 1 is 0.850 bits per heavy atom. The molecule has 7 heteroatoms. The van der Waals surface area contributed by atoms with E-state index in [1.807, 2.05) is 78.9 Å². The van der Waals surface area contributed by atoms with Crippen LogP contribution in [0.4, 0.5) is 4.79 Å². The molecule has 2 aliphatic rings. The molecule has 4 aromatic carbocycles. The van der Waals surface area contributed by atoms with E-state index in [-0.39, 0.29) is 18.4 Å². The highest BCUT2D eigenvalue weighted by molar-refractivity contribution is 5.91. The number of carbonyl (C=O) groups excluding carboxylic acids is 2. The number of alkyl carbamates (subject to hydrolysis) is 1. The predicted octanol–water partition coefficient (Wildman–Crippen LogP) is 5.58. The van der Waals surface area contributed by atoms with E-state index in [0.717, 1.165) is 38.6 Å². The van der Waals surface area contributed by atoms with Gasteiger partial charge in [-0.15, -0.1) is 0 Å². The quantitative estimate of drug-likeness (QED) is 0.310. The van der Waals surface area contributed by atoms with Crippen LogP contribution >= 0.6 is 0 Å². The van der Waals surface area contributed by atoms with Crippen molar-refractivity contribution in [2.24, 2.45) is 0 Å². The smallest absolute Gasteiger partial charge is 0.407 e. The number of carboxylic acids is 1. The van der Waals surface area contributed by atoms with Gasteiger partial charge >= 0.3 is 12.1 Å². The molecule has 0 bridgehead atoms. The van der Waals surface area contributed by atoms with Crippen molar-refractivity contribution in [3.05, 3.63) is 108 Å². The first kappa shape index (κ1) is 25.6. The molecule has 0 spiro atoms. The van der Waals surface area contributed by atoms with Crippen molar-refractivity contribution in [2.45, 2.75) is 43.2 Å². The van der Waals surface area contributed by atoms with Crippen LogP contribution in [0.1, 0.15) is 47.8 Å². The third-order valence-electron chi connectivity index (χ3n) is 8.13. The maximum Gasteiger partial charge on any atom is 0.407 e. The number of benzene rings is 4. The first-order valence-corrected chi connectivity index (χ1v) is 13.6. The van der Waals surface area contributed by atoms with Crippen molar-refractivity contribution in [3.8, 4) is 11.1 Å². The van der Waals surface area contributed by atoms with Crippen molar-refractivity contribution in [1.82, 2.24) is 10.6 Å². The van der Waals surface area contributed by atoms with Crippen LogP contribution in [-0.2, 0) is 14.3 Å². The second kappa shape index (κ2) is 10.8. The number of hydrogen-bond acceptors (Lipinski definition) is 4. The molecule has 2 amide bonds. The first-order chi connectivity index (χ1) is 19.5. The molecule has 0 radical (unpaired) electrons. The van der Waals surface area contributed by atoms with E-state index < -0.39 is 30.1 Å². The average molecular weight is 535 g/mol. The molecule has 0 aromatic heterocycles. The summed E-state index contributed by atoms with van der Waals surface area (Å²) >= 11 is 0. The summed E-state index contributed by atoms with van der Waals surface area (Å²) in [6.07, 6.45) is 0.741. The maximum atomic E-state index is 13.4. The highest BCUT2D eigenvalue weighted by atomic mass is 16.5. The van der Waals surface area contributed by atoms with E-state index in [1.54, 1.807) is 0 Å². The normalized spacial score (nSPS) is 20.5.